The Kier molecular flexibility index (Phi) is 4.33. The second-order valence-electron chi connectivity index (χ2n) is 5.70. The van der Waals surface area contributed by atoms with E-state index in [9.17, 15) is 8.42 Å². The molecule has 0 bridgehead atoms. The van der Waals surface area contributed by atoms with Crippen LogP contribution in [0.15, 0.2) is 10.4 Å². The maximum atomic E-state index is 12.7. The van der Waals surface area contributed by atoms with Crippen molar-refractivity contribution in [2.75, 3.05) is 26.3 Å². The van der Waals surface area contributed by atoms with Gasteiger partial charge in [0.2, 0.25) is 6.29 Å². The van der Waals surface area contributed by atoms with E-state index in [1.165, 1.54) is 6.20 Å². The average molecular weight is 332 g/mol. The molecular formula is C13H20N2O4S2. The number of rotatable bonds is 3. The molecule has 2 aliphatic heterocycles. The van der Waals surface area contributed by atoms with Crippen molar-refractivity contribution in [3.63, 3.8) is 0 Å². The first-order valence-electron chi connectivity index (χ1n) is 7.17. The van der Waals surface area contributed by atoms with Crippen molar-refractivity contribution in [2.24, 2.45) is 11.8 Å². The highest BCUT2D eigenvalue weighted by molar-refractivity contribution is 7.91. The zero-order chi connectivity index (χ0) is 15.0. The van der Waals surface area contributed by atoms with Gasteiger partial charge in [-0.05, 0) is 18.3 Å². The second kappa shape index (κ2) is 5.92. The molecule has 3 rings (SSSR count). The number of aromatic nitrogens is 1. The summed E-state index contributed by atoms with van der Waals surface area (Å²) in [6, 6.07) is 0. The molecule has 2 saturated heterocycles. The van der Waals surface area contributed by atoms with Gasteiger partial charge in [0.25, 0.3) is 10.0 Å². The second-order valence-corrected chi connectivity index (χ2v) is 8.92. The van der Waals surface area contributed by atoms with E-state index >= 15 is 0 Å². The summed E-state index contributed by atoms with van der Waals surface area (Å²) < 4.78 is 37.9. The largest absolute Gasteiger partial charge is 0.344 e. The van der Waals surface area contributed by atoms with Crippen LogP contribution in [-0.4, -0.2) is 44.0 Å². The number of ether oxygens (including phenoxy) is 2. The van der Waals surface area contributed by atoms with Crippen LogP contribution in [0.5, 0.6) is 0 Å². The van der Waals surface area contributed by atoms with E-state index in [-0.39, 0.29) is 4.21 Å². The highest BCUT2D eigenvalue weighted by atomic mass is 32.2. The van der Waals surface area contributed by atoms with Gasteiger partial charge in [0, 0.05) is 13.1 Å². The van der Waals surface area contributed by atoms with Gasteiger partial charge < -0.3 is 9.47 Å². The van der Waals surface area contributed by atoms with Crippen LogP contribution in [0.2, 0.25) is 0 Å². The maximum absolute atomic E-state index is 12.7. The molecule has 2 atom stereocenters. The molecule has 2 aliphatic rings. The van der Waals surface area contributed by atoms with Crippen LogP contribution in [0, 0.1) is 11.8 Å². The van der Waals surface area contributed by atoms with Crippen molar-refractivity contribution in [3.8, 4) is 0 Å². The van der Waals surface area contributed by atoms with Gasteiger partial charge in [0.05, 0.1) is 19.4 Å². The van der Waals surface area contributed by atoms with E-state index in [1.54, 1.807) is 4.31 Å². The Bertz CT molecular complexity index is 595. The van der Waals surface area contributed by atoms with E-state index in [2.05, 4.69) is 18.8 Å². The minimum atomic E-state index is -3.45. The molecular weight excluding hydrogens is 312 g/mol. The lowest BCUT2D eigenvalue weighted by molar-refractivity contribution is -0.0442. The summed E-state index contributed by atoms with van der Waals surface area (Å²) >= 11 is 1.14. The van der Waals surface area contributed by atoms with Crippen molar-refractivity contribution in [2.45, 2.75) is 30.8 Å². The Morgan fingerprint density at radius 1 is 1.29 bits per heavy atom. The molecule has 2 unspecified atom stereocenters. The third-order valence-corrected chi connectivity index (χ3v) is 7.54. The summed E-state index contributed by atoms with van der Waals surface area (Å²) in [5.41, 5.74) is 0. The van der Waals surface area contributed by atoms with Crippen molar-refractivity contribution in [1.82, 2.24) is 9.29 Å². The smallest absolute Gasteiger partial charge is 0.254 e. The van der Waals surface area contributed by atoms with Crippen LogP contribution >= 0.6 is 11.3 Å². The molecule has 0 aromatic carbocycles. The molecule has 8 heteroatoms. The highest BCUT2D eigenvalue weighted by Gasteiger charge is 2.34. The maximum Gasteiger partial charge on any atom is 0.254 e. The minimum absolute atomic E-state index is 0.276. The van der Waals surface area contributed by atoms with Gasteiger partial charge in [-0.3, -0.25) is 0 Å². The quantitative estimate of drug-likeness (QED) is 0.845. The number of thiazole rings is 1. The molecule has 21 heavy (non-hydrogen) atoms. The Labute approximate surface area is 129 Å². The van der Waals surface area contributed by atoms with Gasteiger partial charge in [-0.25, -0.2) is 13.4 Å². The van der Waals surface area contributed by atoms with E-state index in [0.717, 1.165) is 17.8 Å². The van der Waals surface area contributed by atoms with Crippen molar-refractivity contribution < 1.29 is 17.9 Å². The molecule has 0 saturated carbocycles. The van der Waals surface area contributed by atoms with Gasteiger partial charge >= 0.3 is 0 Å². The molecule has 0 spiro atoms. The molecule has 6 nitrogen and oxygen atoms in total. The highest BCUT2D eigenvalue weighted by Crippen LogP contribution is 2.33. The molecule has 2 fully saturated rings. The summed E-state index contributed by atoms with van der Waals surface area (Å²) in [6.45, 7) is 6.48. The average Bonchev–Trinajstić information content (AvgIpc) is 3.11. The zero-order valence-corrected chi connectivity index (χ0v) is 13.8. The lowest BCUT2D eigenvalue weighted by Gasteiger charge is -2.33. The number of hydrogen-bond acceptors (Lipinski definition) is 6. The summed E-state index contributed by atoms with van der Waals surface area (Å²) in [4.78, 5) is 4.16. The van der Waals surface area contributed by atoms with Gasteiger partial charge in [-0.15, -0.1) is 11.3 Å². The van der Waals surface area contributed by atoms with Gasteiger partial charge in [0.1, 0.15) is 0 Å². The van der Waals surface area contributed by atoms with Crippen LogP contribution in [0.1, 0.15) is 31.6 Å². The fourth-order valence-electron chi connectivity index (χ4n) is 2.57. The number of piperidine rings is 1. The summed E-state index contributed by atoms with van der Waals surface area (Å²) in [7, 11) is -3.45. The van der Waals surface area contributed by atoms with Crippen LogP contribution in [0.25, 0.3) is 0 Å². The third-order valence-electron chi connectivity index (χ3n) is 4.22. The predicted octanol–water partition coefficient (Wildman–Crippen LogP) is 1.86. The predicted molar refractivity (Wildman–Crippen MR) is 78.5 cm³/mol. The zero-order valence-electron chi connectivity index (χ0n) is 12.2. The van der Waals surface area contributed by atoms with Crippen molar-refractivity contribution in [1.29, 1.82) is 0 Å². The fraction of sp³-hybridized carbons (Fsp3) is 0.769. The van der Waals surface area contributed by atoms with Crippen molar-refractivity contribution in [3.05, 3.63) is 11.2 Å². The first kappa shape index (κ1) is 15.4. The number of nitrogens with zero attached hydrogens (tertiary/aromatic N) is 2. The molecule has 1 aromatic heterocycles. The third kappa shape index (κ3) is 3.00. The van der Waals surface area contributed by atoms with Gasteiger partial charge in [-0.1, -0.05) is 13.8 Å². The minimum Gasteiger partial charge on any atom is -0.344 e. The lowest BCUT2D eigenvalue weighted by atomic mass is 9.90. The van der Waals surface area contributed by atoms with Crippen LogP contribution in [0.4, 0.5) is 0 Å². The molecule has 118 valence electrons. The van der Waals surface area contributed by atoms with E-state index in [0.29, 0.717) is 43.1 Å². The molecule has 0 amide bonds. The van der Waals surface area contributed by atoms with E-state index in [1.807, 2.05) is 0 Å². The van der Waals surface area contributed by atoms with E-state index < -0.39 is 16.3 Å². The standard InChI is InChI=1S/C13H20N2O4S2/c1-9-3-4-15(8-10(9)2)21(16,17)11-7-14-12(20-11)13-18-5-6-19-13/h7,9-10,13H,3-6,8H2,1-2H3. The first-order valence-corrected chi connectivity index (χ1v) is 9.43. The van der Waals surface area contributed by atoms with Gasteiger partial charge in [0.15, 0.2) is 9.22 Å². The molecule has 0 radical (unpaired) electrons. The first-order chi connectivity index (χ1) is 9.98. The normalized spacial score (nSPS) is 29.0. The van der Waals surface area contributed by atoms with Gasteiger partial charge in [-0.2, -0.15) is 4.31 Å². The van der Waals surface area contributed by atoms with Crippen LogP contribution in [-0.2, 0) is 19.5 Å². The Morgan fingerprint density at radius 2 is 2.00 bits per heavy atom. The van der Waals surface area contributed by atoms with Crippen LogP contribution in [0.3, 0.4) is 0 Å². The lowest BCUT2D eigenvalue weighted by Crippen LogP contribution is -2.41. The van der Waals surface area contributed by atoms with Crippen molar-refractivity contribution >= 4 is 21.4 Å². The Balaban J connectivity index is 1.78. The fourth-order valence-corrected chi connectivity index (χ4v) is 5.43. The number of hydrogen-bond donors (Lipinski definition) is 0. The topological polar surface area (TPSA) is 68.7 Å². The molecule has 0 N–H and O–H groups in total. The Morgan fingerprint density at radius 3 is 2.67 bits per heavy atom. The number of sulfonamides is 1. The Hall–Kier alpha value is -0.540. The summed E-state index contributed by atoms with van der Waals surface area (Å²) in [5.74, 6) is 0.941. The summed E-state index contributed by atoms with van der Waals surface area (Å²) in [5, 5.41) is 0.574. The SMILES string of the molecule is CC1CCN(S(=O)(=O)c2cnc(C3OCCO3)s2)CC1C. The van der Waals surface area contributed by atoms with E-state index in [4.69, 9.17) is 9.47 Å². The molecule has 3 heterocycles. The van der Waals surface area contributed by atoms with Crippen LogP contribution < -0.4 is 0 Å². The molecule has 0 aliphatic carbocycles. The monoisotopic (exact) mass is 332 g/mol. The summed E-state index contributed by atoms with van der Waals surface area (Å²) in [6.07, 6.45) is 1.81. The molecule has 1 aromatic rings.